The zero-order valence-electron chi connectivity index (χ0n) is 16.4. The van der Waals surface area contributed by atoms with E-state index in [9.17, 15) is 0 Å². The SMILES string of the molecule is Cc1ccc(-c2nc3scc(C)n3n2)cc1.c1ccc(-c2nc3sccn3n2)cc1. The molecule has 148 valence electrons. The van der Waals surface area contributed by atoms with Gasteiger partial charge in [-0.25, -0.2) is 9.03 Å². The van der Waals surface area contributed by atoms with Crippen molar-refractivity contribution in [1.82, 2.24) is 29.2 Å². The molecule has 4 aromatic heterocycles. The first-order valence-corrected chi connectivity index (χ1v) is 11.2. The van der Waals surface area contributed by atoms with E-state index < -0.39 is 0 Å². The molecule has 0 N–H and O–H groups in total. The second-order valence-corrected chi connectivity index (χ2v) is 8.51. The van der Waals surface area contributed by atoms with Gasteiger partial charge in [0.05, 0.1) is 5.69 Å². The Morgan fingerprint density at radius 1 is 0.733 bits per heavy atom. The largest absolute Gasteiger partial charge is 0.212 e. The lowest BCUT2D eigenvalue weighted by Gasteiger charge is -1.95. The highest BCUT2D eigenvalue weighted by atomic mass is 32.1. The van der Waals surface area contributed by atoms with Crippen LogP contribution in [0.25, 0.3) is 32.7 Å². The fraction of sp³-hybridized carbons (Fsp3) is 0.0909. The van der Waals surface area contributed by atoms with Crippen LogP contribution >= 0.6 is 22.7 Å². The molecule has 0 aliphatic rings. The van der Waals surface area contributed by atoms with Gasteiger partial charge in [-0.3, -0.25) is 0 Å². The van der Waals surface area contributed by atoms with E-state index in [1.807, 2.05) is 53.3 Å². The third-order valence-corrected chi connectivity index (χ3v) is 6.24. The van der Waals surface area contributed by atoms with E-state index in [0.717, 1.165) is 38.4 Å². The summed E-state index contributed by atoms with van der Waals surface area (Å²) in [4.78, 5) is 10.8. The van der Waals surface area contributed by atoms with Crippen LogP contribution in [0.5, 0.6) is 0 Å². The van der Waals surface area contributed by atoms with Crippen LogP contribution in [0.3, 0.4) is 0 Å². The highest BCUT2D eigenvalue weighted by molar-refractivity contribution is 7.15. The first-order valence-electron chi connectivity index (χ1n) is 9.40. The van der Waals surface area contributed by atoms with Crippen LogP contribution in [0, 0.1) is 13.8 Å². The van der Waals surface area contributed by atoms with Gasteiger partial charge in [-0.1, -0.05) is 60.2 Å². The van der Waals surface area contributed by atoms with Crippen molar-refractivity contribution in [3.8, 4) is 22.8 Å². The molecule has 30 heavy (non-hydrogen) atoms. The van der Waals surface area contributed by atoms with Crippen molar-refractivity contribution in [2.24, 2.45) is 0 Å². The molecule has 0 unspecified atom stereocenters. The van der Waals surface area contributed by atoms with E-state index in [1.54, 1.807) is 27.2 Å². The summed E-state index contributed by atoms with van der Waals surface area (Å²) < 4.78 is 3.69. The van der Waals surface area contributed by atoms with Crippen LogP contribution < -0.4 is 0 Å². The minimum atomic E-state index is 0.789. The molecule has 0 bridgehead atoms. The number of fused-ring (bicyclic) bond motifs is 2. The number of benzene rings is 2. The second-order valence-electron chi connectivity index (χ2n) is 6.80. The minimum absolute atomic E-state index is 0.789. The normalized spacial score (nSPS) is 11.0. The lowest BCUT2D eigenvalue weighted by molar-refractivity contribution is 0.936. The van der Waals surface area contributed by atoms with Gasteiger partial charge in [0.15, 0.2) is 11.6 Å². The molecule has 4 heterocycles. The summed E-state index contributed by atoms with van der Waals surface area (Å²) in [5, 5.41) is 12.9. The average Bonchev–Trinajstić information content (AvgIpc) is 3.52. The fourth-order valence-corrected chi connectivity index (χ4v) is 4.41. The Kier molecular flexibility index (Phi) is 4.86. The van der Waals surface area contributed by atoms with Crippen LogP contribution in [-0.2, 0) is 0 Å². The standard InChI is InChI=1S/C12H11N3S.C10H7N3S/c1-8-3-5-10(6-4-8)11-13-12-15(14-11)9(2)7-16-12;1-2-4-8(5-3-1)9-11-10-13(12-9)6-7-14-10/h3-7H,1-2H3;1-7H. The molecule has 8 heteroatoms. The Hall–Kier alpha value is -3.36. The Labute approximate surface area is 181 Å². The smallest absolute Gasteiger partial charge is 0.211 e. The Bertz CT molecular complexity index is 1380. The number of nitrogens with zero attached hydrogens (tertiary/aromatic N) is 6. The monoisotopic (exact) mass is 430 g/mol. The Morgan fingerprint density at radius 2 is 1.43 bits per heavy atom. The molecule has 6 nitrogen and oxygen atoms in total. The maximum atomic E-state index is 4.50. The van der Waals surface area contributed by atoms with Gasteiger partial charge in [-0.2, -0.15) is 9.97 Å². The van der Waals surface area contributed by atoms with E-state index in [4.69, 9.17) is 0 Å². The van der Waals surface area contributed by atoms with Crippen LogP contribution in [-0.4, -0.2) is 29.2 Å². The Morgan fingerprint density at radius 3 is 2.17 bits per heavy atom. The zero-order chi connectivity index (χ0) is 20.5. The molecule has 0 spiro atoms. The van der Waals surface area contributed by atoms with Gasteiger partial charge in [0.1, 0.15) is 0 Å². The third kappa shape index (κ3) is 3.62. The van der Waals surface area contributed by atoms with Crippen LogP contribution in [0.4, 0.5) is 0 Å². The summed E-state index contributed by atoms with van der Waals surface area (Å²) in [5.41, 5.74) is 4.51. The van der Waals surface area contributed by atoms with Crippen molar-refractivity contribution in [2.75, 3.05) is 0 Å². The van der Waals surface area contributed by atoms with Crippen molar-refractivity contribution < 1.29 is 0 Å². The van der Waals surface area contributed by atoms with Crippen LogP contribution in [0.1, 0.15) is 11.3 Å². The second kappa shape index (κ2) is 7.81. The van der Waals surface area contributed by atoms with Gasteiger partial charge in [0.2, 0.25) is 9.92 Å². The fourth-order valence-electron chi connectivity index (χ4n) is 2.96. The summed E-state index contributed by atoms with van der Waals surface area (Å²) in [6.45, 7) is 4.12. The van der Waals surface area contributed by atoms with Crippen molar-refractivity contribution >= 4 is 32.6 Å². The third-order valence-electron chi connectivity index (χ3n) is 4.56. The molecule has 0 radical (unpaired) electrons. The maximum Gasteiger partial charge on any atom is 0.212 e. The molecule has 0 aliphatic carbocycles. The van der Waals surface area contributed by atoms with E-state index in [1.165, 1.54) is 5.56 Å². The lowest BCUT2D eigenvalue weighted by Crippen LogP contribution is -1.87. The predicted molar refractivity (Wildman–Crippen MR) is 122 cm³/mol. The Balaban J connectivity index is 0.000000130. The molecule has 0 fully saturated rings. The maximum absolute atomic E-state index is 4.50. The van der Waals surface area contributed by atoms with Gasteiger partial charge in [0.25, 0.3) is 0 Å². The first-order chi connectivity index (χ1) is 14.7. The molecule has 2 aromatic carbocycles. The van der Waals surface area contributed by atoms with E-state index in [-0.39, 0.29) is 0 Å². The van der Waals surface area contributed by atoms with E-state index >= 15 is 0 Å². The van der Waals surface area contributed by atoms with Crippen molar-refractivity contribution in [1.29, 1.82) is 0 Å². The highest BCUT2D eigenvalue weighted by Gasteiger charge is 2.08. The summed E-state index contributed by atoms with van der Waals surface area (Å²) >= 11 is 3.21. The van der Waals surface area contributed by atoms with Crippen molar-refractivity contribution in [2.45, 2.75) is 13.8 Å². The highest BCUT2D eigenvalue weighted by Crippen LogP contribution is 2.21. The van der Waals surface area contributed by atoms with Gasteiger partial charge in [-0.05, 0) is 13.8 Å². The number of aryl methyl sites for hydroxylation is 2. The summed E-state index contributed by atoms with van der Waals surface area (Å²) in [6.07, 6.45) is 1.92. The molecule has 0 atom stereocenters. The van der Waals surface area contributed by atoms with Gasteiger partial charge < -0.3 is 0 Å². The summed E-state index contributed by atoms with van der Waals surface area (Å²) in [6, 6.07) is 18.3. The van der Waals surface area contributed by atoms with Gasteiger partial charge >= 0.3 is 0 Å². The topological polar surface area (TPSA) is 60.4 Å². The molecule has 0 saturated carbocycles. The number of thiazole rings is 2. The zero-order valence-corrected chi connectivity index (χ0v) is 18.1. The number of hydrogen-bond donors (Lipinski definition) is 0. The predicted octanol–water partition coefficient (Wildman–Crippen LogP) is 5.53. The van der Waals surface area contributed by atoms with Gasteiger partial charge in [0, 0.05) is 28.1 Å². The minimum Gasteiger partial charge on any atom is -0.211 e. The molecular weight excluding hydrogens is 412 g/mol. The average molecular weight is 431 g/mol. The summed E-state index contributed by atoms with van der Waals surface area (Å²) in [5.74, 6) is 1.59. The van der Waals surface area contributed by atoms with Crippen LogP contribution in [0.2, 0.25) is 0 Å². The van der Waals surface area contributed by atoms with Crippen molar-refractivity contribution in [3.63, 3.8) is 0 Å². The van der Waals surface area contributed by atoms with E-state index in [0.29, 0.717) is 0 Å². The first kappa shape index (κ1) is 18.7. The van der Waals surface area contributed by atoms with Crippen LogP contribution in [0.15, 0.2) is 71.6 Å². The number of aromatic nitrogens is 6. The molecular formula is C22H18N6S2. The molecule has 6 rings (SSSR count). The van der Waals surface area contributed by atoms with Gasteiger partial charge in [-0.15, -0.1) is 32.9 Å². The molecule has 0 aliphatic heterocycles. The number of hydrogen-bond acceptors (Lipinski definition) is 6. The molecule has 6 aromatic rings. The number of rotatable bonds is 2. The quantitative estimate of drug-likeness (QED) is 0.362. The molecule has 0 saturated heterocycles. The summed E-state index contributed by atoms with van der Waals surface area (Å²) in [7, 11) is 0. The molecule has 0 amide bonds. The van der Waals surface area contributed by atoms with Crippen molar-refractivity contribution in [3.05, 3.63) is 82.8 Å². The lowest BCUT2D eigenvalue weighted by atomic mass is 10.1. The van der Waals surface area contributed by atoms with E-state index in [2.05, 4.69) is 56.7 Å².